The van der Waals surface area contributed by atoms with Crippen molar-refractivity contribution in [3.8, 4) is 11.7 Å². The van der Waals surface area contributed by atoms with Crippen LogP contribution in [0.1, 0.15) is 54.0 Å². The fraction of sp³-hybridized carbons (Fsp3) is 0.364. The van der Waals surface area contributed by atoms with E-state index < -0.39 is 0 Å². The van der Waals surface area contributed by atoms with Gasteiger partial charge in [0.15, 0.2) is 0 Å². The van der Waals surface area contributed by atoms with Crippen LogP contribution in [0, 0.1) is 13.8 Å². The van der Waals surface area contributed by atoms with E-state index >= 15 is 0 Å². The summed E-state index contributed by atoms with van der Waals surface area (Å²) in [5, 5.41) is 7.21. The Balaban J connectivity index is 1.81. The van der Waals surface area contributed by atoms with Gasteiger partial charge in [-0.2, -0.15) is 9.78 Å². The Labute approximate surface area is 175 Å². The highest BCUT2D eigenvalue weighted by molar-refractivity contribution is 6.04. The minimum Gasteiger partial charge on any atom is -0.494 e. The molecule has 0 aliphatic carbocycles. The SMILES string of the molecule is CCCCOc1ccc(C(=O)Nc2cc(C)nn2-c2nc(C)c(CC)c(=O)[nH]2)cc1. The molecule has 0 unspecified atom stereocenters. The maximum absolute atomic E-state index is 12.7. The Bertz CT molecular complexity index is 1080. The summed E-state index contributed by atoms with van der Waals surface area (Å²) in [4.78, 5) is 32.2. The van der Waals surface area contributed by atoms with Crippen LogP contribution in [0.4, 0.5) is 5.82 Å². The van der Waals surface area contributed by atoms with Gasteiger partial charge in [0.25, 0.3) is 11.5 Å². The van der Waals surface area contributed by atoms with Crippen molar-refractivity contribution in [1.82, 2.24) is 19.7 Å². The molecule has 2 heterocycles. The molecule has 0 aliphatic rings. The number of unbranched alkanes of at least 4 members (excludes halogenated alkanes) is 1. The smallest absolute Gasteiger partial charge is 0.256 e. The van der Waals surface area contributed by atoms with Gasteiger partial charge in [-0.25, -0.2) is 4.98 Å². The van der Waals surface area contributed by atoms with E-state index in [-0.39, 0.29) is 17.4 Å². The van der Waals surface area contributed by atoms with Gasteiger partial charge in [-0.05, 0) is 51.0 Å². The summed E-state index contributed by atoms with van der Waals surface area (Å²) in [5.41, 5.74) is 2.24. The molecule has 2 N–H and O–H groups in total. The number of hydrogen-bond acceptors (Lipinski definition) is 5. The number of nitrogens with one attached hydrogen (secondary N) is 2. The summed E-state index contributed by atoms with van der Waals surface area (Å²) in [6.07, 6.45) is 2.64. The zero-order chi connectivity index (χ0) is 21.7. The molecule has 0 saturated carbocycles. The summed E-state index contributed by atoms with van der Waals surface area (Å²) in [5.74, 6) is 1.12. The van der Waals surface area contributed by atoms with Gasteiger partial charge in [-0.15, -0.1) is 0 Å². The molecule has 0 aliphatic heterocycles. The van der Waals surface area contributed by atoms with E-state index in [2.05, 4.69) is 27.3 Å². The first kappa shape index (κ1) is 21.3. The molecule has 3 aromatic rings. The second kappa shape index (κ2) is 9.39. The topological polar surface area (TPSA) is 102 Å². The number of carbonyl (C=O) groups is 1. The minimum absolute atomic E-state index is 0.205. The Morgan fingerprint density at radius 2 is 1.93 bits per heavy atom. The van der Waals surface area contributed by atoms with E-state index in [1.165, 1.54) is 4.68 Å². The van der Waals surface area contributed by atoms with E-state index in [4.69, 9.17) is 4.74 Å². The molecule has 0 radical (unpaired) electrons. The molecular weight excluding hydrogens is 382 g/mol. The summed E-state index contributed by atoms with van der Waals surface area (Å²) in [6, 6.07) is 8.70. The molecule has 8 nitrogen and oxygen atoms in total. The normalized spacial score (nSPS) is 10.8. The van der Waals surface area contributed by atoms with Gasteiger partial charge in [-0.1, -0.05) is 20.3 Å². The summed E-state index contributed by atoms with van der Waals surface area (Å²) >= 11 is 0. The monoisotopic (exact) mass is 409 g/mol. The molecule has 1 amide bonds. The van der Waals surface area contributed by atoms with E-state index in [9.17, 15) is 9.59 Å². The van der Waals surface area contributed by atoms with Crippen molar-refractivity contribution in [2.45, 2.75) is 47.0 Å². The molecule has 0 bridgehead atoms. The van der Waals surface area contributed by atoms with Gasteiger partial charge in [0.05, 0.1) is 12.3 Å². The Morgan fingerprint density at radius 3 is 2.57 bits per heavy atom. The highest BCUT2D eigenvalue weighted by Crippen LogP contribution is 2.18. The predicted molar refractivity (Wildman–Crippen MR) is 116 cm³/mol. The molecule has 158 valence electrons. The van der Waals surface area contributed by atoms with Crippen LogP contribution in [0.25, 0.3) is 5.95 Å². The number of aromatic nitrogens is 4. The van der Waals surface area contributed by atoms with Gasteiger partial charge in [0.2, 0.25) is 5.95 Å². The molecule has 8 heteroatoms. The number of aryl methyl sites for hydroxylation is 2. The Hall–Kier alpha value is -3.42. The number of aromatic amines is 1. The summed E-state index contributed by atoms with van der Waals surface area (Å²) in [7, 11) is 0. The standard InChI is InChI=1S/C22H27N5O3/c1-5-7-12-30-17-10-8-16(9-11-17)20(28)24-19-13-14(3)26-27(19)22-23-15(4)18(6-2)21(29)25-22/h8-11,13H,5-7,12H2,1-4H3,(H,24,28)(H,23,25,29). The van der Waals surface area contributed by atoms with Gasteiger partial charge in [-0.3, -0.25) is 14.6 Å². The molecule has 1 aromatic carbocycles. The number of nitrogens with zero attached hydrogens (tertiary/aromatic N) is 3. The average Bonchev–Trinajstić information content (AvgIpc) is 3.08. The molecule has 0 saturated heterocycles. The number of anilines is 1. The van der Waals surface area contributed by atoms with Crippen LogP contribution in [-0.2, 0) is 6.42 Å². The third-order valence-electron chi connectivity index (χ3n) is 4.72. The average molecular weight is 409 g/mol. The van der Waals surface area contributed by atoms with Crippen molar-refractivity contribution < 1.29 is 9.53 Å². The number of rotatable bonds is 8. The zero-order valence-electron chi connectivity index (χ0n) is 17.8. The molecule has 30 heavy (non-hydrogen) atoms. The van der Waals surface area contributed by atoms with Crippen LogP contribution in [0.15, 0.2) is 35.1 Å². The first-order valence-electron chi connectivity index (χ1n) is 10.1. The predicted octanol–water partition coefficient (Wildman–Crippen LogP) is 3.57. The molecule has 0 spiro atoms. The quantitative estimate of drug-likeness (QED) is 0.554. The van der Waals surface area contributed by atoms with E-state index in [1.807, 2.05) is 6.92 Å². The van der Waals surface area contributed by atoms with Crippen molar-refractivity contribution in [3.05, 3.63) is 63.2 Å². The van der Waals surface area contributed by atoms with Crippen molar-refractivity contribution in [3.63, 3.8) is 0 Å². The molecule has 2 aromatic heterocycles. The highest BCUT2D eigenvalue weighted by atomic mass is 16.5. The van der Waals surface area contributed by atoms with Gasteiger partial charge < -0.3 is 10.1 Å². The van der Waals surface area contributed by atoms with Gasteiger partial charge in [0, 0.05) is 22.9 Å². The van der Waals surface area contributed by atoms with Crippen LogP contribution < -0.4 is 15.6 Å². The number of benzene rings is 1. The number of hydrogen-bond donors (Lipinski definition) is 2. The first-order chi connectivity index (χ1) is 14.4. The van der Waals surface area contributed by atoms with Crippen molar-refractivity contribution in [2.75, 3.05) is 11.9 Å². The van der Waals surface area contributed by atoms with Gasteiger partial charge >= 0.3 is 0 Å². The van der Waals surface area contributed by atoms with Crippen LogP contribution >= 0.6 is 0 Å². The van der Waals surface area contributed by atoms with E-state index in [1.54, 1.807) is 44.2 Å². The maximum atomic E-state index is 12.7. The van der Waals surface area contributed by atoms with Crippen LogP contribution in [0.2, 0.25) is 0 Å². The third-order valence-corrected chi connectivity index (χ3v) is 4.72. The maximum Gasteiger partial charge on any atom is 0.256 e. The lowest BCUT2D eigenvalue weighted by Gasteiger charge is -2.10. The fourth-order valence-corrected chi connectivity index (χ4v) is 3.09. The largest absolute Gasteiger partial charge is 0.494 e. The van der Waals surface area contributed by atoms with Gasteiger partial charge in [0.1, 0.15) is 11.6 Å². The fourth-order valence-electron chi connectivity index (χ4n) is 3.09. The summed E-state index contributed by atoms with van der Waals surface area (Å²) in [6.45, 7) is 8.26. The lowest BCUT2D eigenvalue weighted by atomic mass is 10.2. The van der Waals surface area contributed by atoms with Crippen molar-refractivity contribution in [1.29, 1.82) is 0 Å². The number of carbonyl (C=O) groups excluding carboxylic acids is 1. The van der Waals surface area contributed by atoms with Crippen LogP contribution in [0.3, 0.4) is 0 Å². The molecule has 3 rings (SSSR count). The second-order valence-corrected chi connectivity index (χ2v) is 7.07. The zero-order valence-corrected chi connectivity index (χ0v) is 17.8. The van der Waals surface area contributed by atoms with Crippen molar-refractivity contribution >= 4 is 11.7 Å². The second-order valence-electron chi connectivity index (χ2n) is 7.07. The molecule has 0 fully saturated rings. The third kappa shape index (κ3) is 4.76. The Kier molecular flexibility index (Phi) is 6.66. The van der Waals surface area contributed by atoms with E-state index in [0.29, 0.717) is 41.4 Å². The number of ether oxygens (including phenoxy) is 1. The van der Waals surface area contributed by atoms with Crippen molar-refractivity contribution in [2.24, 2.45) is 0 Å². The lowest BCUT2D eigenvalue weighted by Crippen LogP contribution is -2.22. The van der Waals surface area contributed by atoms with Crippen LogP contribution in [-0.4, -0.2) is 32.3 Å². The minimum atomic E-state index is -0.291. The molecule has 0 atom stereocenters. The lowest BCUT2D eigenvalue weighted by molar-refractivity contribution is 0.102. The highest BCUT2D eigenvalue weighted by Gasteiger charge is 2.16. The Morgan fingerprint density at radius 1 is 1.20 bits per heavy atom. The van der Waals surface area contributed by atoms with Crippen LogP contribution in [0.5, 0.6) is 5.75 Å². The summed E-state index contributed by atoms with van der Waals surface area (Å²) < 4.78 is 7.07. The number of amides is 1. The molecular formula is C22H27N5O3. The first-order valence-corrected chi connectivity index (χ1v) is 10.1. The van der Waals surface area contributed by atoms with E-state index in [0.717, 1.165) is 18.6 Å². The number of H-pyrrole nitrogens is 1.